The number of benzene rings is 2. The van der Waals surface area contributed by atoms with E-state index in [1.807, 2.05) is 36.4 Å². The van der Waals surface area contributed by atoms with Crippen molar-refractivity contribution in [3.63, 3.8) is 0 Å². The van der Waals surface area contributed by atoms with Gasteiger partial charge in [0.2, 0.25) is 5.91 Å². The molecule has 0 saturated carbocycles. The van der Waals surface area contributed by atoms with E-state index >= 15 is 0 Å². The Morgan fingerprint density at radius 1 is 1.00 bits per heavy atom. The average Bonchev–Trinajstić information content (AvgIpc) is 2.72. The van der Waals surface area contributed by atoms with Crippen LogP contribution in [0.4, 0.5) is 0 Å². The van der Waals surface area contributed by atoms with Gasteiger partial charge < -0.3 is 4.74 Å². The smallest absolute Gasteiger partial charge is 0.269 e. The van der Waals surface area contributed by atoms with Crippen LogP contribution in [0.1, 0.15) is 41.3 Å². The van der Waals surface area contributed by atoms with E-state index in [1.165, 1.54) is 0 Å². The van der Waals surface area contributed by atoms with E-state index in [-0.39, 0.29) is 11.8 Å². The summed E-state index contributed by atoms with van der Waals surface area (Å²) in [5, 5.41) is 0. The molecule has 0 spiro atoms. The zero-order valence-electron chi connectivity index (χ0n) is 15.3. The molecule has 0 aliphatic carbocycles. The number of rotatable bonds is 4. The van der Waals surface area contributed by atoms with Gasteiger partial charge in [-0.25, -0.2) is 0 Å². The zero-order valence-corrected chi connectivity index (χ0v) is 16.8. The molecule has 0 bridgehead atoms. The lowest BCUT2D eigenvalue weighted by atomic mass is 9.73. The standard InChI is InChI=1S/C21H23BrN2O3/c1-2-15-3-5-16(6-4-15)19(25)23-24-20(26)21(11-13-27-14-12-21)17-7-9-18(22)10-8-17/h3-10H,2,11-14H2,1H3,(H,23,25)(H,24,26). The van der Waals surface area contributed by atoms with Gasteiger partial charge in [-0.2, -0.15) is 0 Å². The molecular formula is C21H23BrN2O3. The third-order valence-electron chi connectivity index (χ3n) is 5.09. The van der Waals surface area contributed by atoms with Gasteiger partial charge in [-0.3, -0.25) is 20.4 Å². The first-order valence-corrected chi connectivity index (χ1v) is 9.88. The van der Waals surface area contributed by atoms with Crippen molar-refractivity contribution in [3.8, 4) is 0 Å². The molecule has 0 radical (unpaired) electrons. The fourth-order valence-corrected chi connectivity index (χ4v) is 3.60. The van der Waals surface area contributed by atoms with Crippen LogP contribution < -0.4 is 10.9 Å². The molecule has 5 nitrogen and oxygen atoms in total. The summed E-state index contributed by atoms with van der Waals surface area (Å²) in [5.74, 6) is -0.546. The van der Waals surface area contributed by atoms with Gasteiger partial charge >= 0.3 is 0 Å². The molecule has 3 rings (SSSR count). The van der Waals surface area contributed by atoms with Crippen molar-refractivity contribution in [3.05, 3.63) is 69.7 Å². The molecule has 2 amide bonds. The summed E-state index contributed by atoms with van der Waals surface area (Å²) in [6, 6.07) is 15.1. The van der Waals surface area contributed by atoms with E-state index in [1.54, 1.807) is 12.1 Å². The second-order valence-electron chi connectivity index (χ2n) is 6.66. The topological polar surface area (TPSA) is 67.4 Å². The van der Waals surface area contributed by atoms with Crippen LogP contribution in [0.2, 0.25) is 0 Å². The van der Waals surface area contributed by atoms with Crippen molar-refractivity contribution >= 4 is 27.7 Å². The first kappa shape index (κ1) is 19.6. The number of carbonyl (C=O) groups excluding carboxylic acids is 2. The number of carbonyl (C=O) groups is 2. The number of ether oxygens (including phenoxy) is 1. The number of aryl methyl sites for hydroxylation is 1. The minimum Gasteiger partial charge on any atom is -0.381 e. The van der Waals surface area contributed by atoms with Crippen molar-refractivity contribution < 1.29 is 14.3 Å². The van der Waals surface area contributed by atoms with Gasteiger partial charge in [-0.1, -0.05) is 47.1 Å². The molecule has 1 heterocycles. The molecule has 27 heavy (non-hydrogen) atoms. The maximum Gasteiger partial charge on any atom is 0.269 e. The summed E-state index contributed by atoms with van der Waals surface area (Å²) in [4.78, 5) is 25.4. The van der Waals surface area contributed by atoms with Crippen molar-refractivity contribution in [1.29, 1.82) is 0 Å². The fourth-order valence-electron chi connectivity index (χ4n) is 3.33. The van der Waals surface area contributed by atoms with E-state index in [2.05, 4.69) is 33.7 Å². The molecule has 1 fully saturated rings. The predicted octanol–water partition coefficient (Wildman–Crippen LogP) is 3.52. The first-order valence-electron chi connectivity index (χ1n) is 9.09. The van der Waals surface area contributed by atoms with Gasteiger partial charge in [0, 0.05) is 23.2 Å². The Morgan fingerprint density at radius 2 is 1.63 bits per heavy atom. The Morgan fingerprint density at radius 3 is 2.22 bits per heavy atom. The molecule has 0 atom stereocenters. The summed E-state index contributed by atoms with van der Waals surface area (Å²) in [6.45, 7) is 3.08. The van der Waals surface area contributed by atoms with Crippen molar-refractivity contribution in [2.75, 3.05) is 13.2 Å². The highest BCUT2D eigenvalue weighted by Gasteiger charge is 2.41. The van der Waals surface area contributed by atoms with Gasteiger partial charge in [-0.05, 0) is 54.7 Å². The lowest BCUT2D eigenvalue weighted by molar-refractivity contribution is -0.131. The van der Waals surface area contributed by atoms with Gasteiger partial charge in [-0.15, -0.1) is 0 Å². The van der Waals surface area contributed by atoms with Crippen molar-refractivity contribution in [1.82, 2.24) is 10.9 Å². The lowest BCUT2D eigenvalue weighted by Gasteiger charge is -2.36. The molecule has 2 aromatic rings. The number of hydrogen-bond donors (Lipinski definition) is 2. The van der Waals surface area contributed by atoms with Crippen LogP contribution in [0, 0.1) is 0 Å². The Bertz CT molecular complexity index is 797. The second kappa shape index (κ2) is 8.67. The van der Waals surface area contributed by atoms with E-state index < -0.39 is 5.41 Å². The maximum absolute atomic E-state index is 13.0. The summed E-state index contributed by atoms with van der Waals surface area (Å²) in [6.07, 6.45) is 2.06. The number of hydrogen-bond acceptors (Lipinski definition) is 3. The van der Waals surface area contributed by atoms with Crippen LogP contribution in [0.5, 0.6) is 0 Å². The average molecular weight is 431 g/mol. The largest absolute Gasteiger partial charge is 0.381 e. The SMILES string of the molecule is CCc1ccc(C(=O)NNC(=O)C2(c3ccc(Br)cc3)CCOCC2)cc1. The van der Waals surface area contributed by atoms with Crippen molar-refractivity contribution in [2.45, 2.75) is 31.6 Å². The maximum atomic E-state index is 13.0. The molecule has 1 aliphatic rings. The van der Waals surface area contributed by atoms with Crippen LogP contribution in [-0.4, -0.2) is 25.0 Å². The van der Waals surface area contributed by atoms with E-state index in [0.29, 0.717) is 31.6 Å². The summed E-state index contributed by atoms with van der Waals surface area (Å²) in [5.41, 5.74) is 7.06. The van der Waals surface area contributed by atoms with Crippen molar-refractivity contribution in [2.24, 2.45) is 0 Å². The number of hydrazine groups is 1. The van der Waals surface area contributed by atoms with Crippen LogP contribution in [-0.2, 0) is 21.4 Å². The minimum atomic E-state index is -0.710. The summed E-state index contributed by atoms with van der Waals surface area (Å²) in [7, 11) is 0. The van der Waals surface area contributed by atoms with E-state index in [4.69, 9.17) is 4.74 Å². The number of amides is 2. The van der Waals surface area contributed by atoms with Crippen LogP contribution >= 0.6 is 15.9 Å². The van der Waals surface area contributed by atoms with Gasteiger partial charge in [0.05, 0.1) is 5.41 Å². The number of nitrogens with one attached hydrogen (secondary N) is 2. The van der Waals surface area contributed by atoms with Crippen LogP contribution in [0.25, 0.3) is 0 Å². The Kier molecular flexibility index (Phi) is 6.29. The molecule has 0 aromatic heterocycles. The molecule has 1 aliphatic heterocycles. The van der Waals surface area contributed by atoms with Crippen LogP contribution in [0.3, 0.4) is 0 Å². The van der Waals surface area contributed by atoms with Gasteiger partial charge in [0.1, 0.15) is 0 Å². The predicted molar refractivity (Wildman–Crippen MR) is 107 cm³/mol. The summed E-state index contributed by atoms with van der Waals surface area (Å²) >= 11 is 3.43. The summed E-state index contributed by atoms with van der Waals surface area (Å²) < 4.78 is 6.42. The fraction of sp³-hybridized carbons (Fsp3) is 0.333. The molecule has 1 saturated heterocycles. The molecule has 6 heteroatoms. The Labute approximate surface area is 167 Å². The normalized spacial score (nSPS) is 15.8. The zero-order chi connectivity index (χ0) is 19.3. The highest BCUT2D eigenvalue weighted by atomic mass is 79.9. The Hall–Kier alpha value is -2.18. The second-order valence-corrected chi connectivity index (χ2v) is 7.58. The minimum absolute atomic E-state index is 0.216. The molecular weight excluding hydrogens is 408 g/mol. The van der Waals surface area contributed by atoms with Gasteiger partial charge in [0.25, 0.3) is 5.91 Å². The van der Waals surface area contributed by atoms with Crippen LogP contribution in [0.15, 0.2) is 53.0 Å². The van der Waals surface area contributed by atoms with Gasteiger partial charge in [0.15, 0.2) is 0 Å². The Balaban J connectivity index is 1.72. The lowest BCUT2D eigenvalue weighted by Crippen LogP contribution is -2.53. The molecule has 2 N–H and O–H groups in total. The van der Waals surface area contributed by atoms with E-state index in [9.17, 15) is 9.59 Å². The third kappa shape index (κ3) is 4.39. The third-order valence-corrected chi connectivity index (χ3v) is 5.62. The highest BCUT2D eigenvalue weighted by molar-refractivity contribution is 9.10. The first-order chi connectivity index (χ1) is 13.0. The monoisotopic (exact) mass is 430 g/mol. The quantitative estimate of drug-likeness (QED) is 0.729. The highest BCUT2D eigenvalue weighted by Crippen LogP contribution is 2.35. The van der Waals surface area contributed by atoms with E-state index in [0.717, 1.165) is 22.0 Å². The molecule has 2 aromatic carbocycles. The molecule has 142 valence electrons. The molecule has 0 unspecified atom stereocenters. The number of halogens is 1.